The fourth-order valence-electron chi connectivity index (χ4n) is 0.838. The van der Waals surface area contributed by atoms with Crippen LogP contribution in [0.2, 0.25) is 0 Å². The van der Waals surface area contributed by atoms with Crippen LogP contribution >= 0.6 is 22.6 Å². The first-order valence-corrected chi connectivity index (χ1v) is 4.30. The van der Waals surface area contributed by atoms with Crippen LogP contribution in [0.4, 0.5) is 5.69 Å². The van der Waals surface area contributed by atoms with Crippen molar-refractivity contribution in [2.75, 3.05) is 12.8 Å². The zero-order valence-corrected chi connectivity index (χ0v) is 8.62. The molecule has 2 N–H and O–H groups in total. The van der Waals surface area contributed by atoms with Crippen LogP contribution in [-0.2, 0) is 0 Å². The van der Waals surface area contributed by atoms with E-state index in [-0.39, 0.29) is 0 Å². The van der Waals surface area contributed by atoms with Crippen molar-refractivity contribution in [3.8, 4) is 11.8 Å². The molecule has 4 heteroatoms. The number of benzene rings is 1. The van der Waals surface area contributed by atoms with Gasteiger partial charge in [-0.15, -0.1) is 0 Å². The number of rotatable bonds is 1. The summed E-state index contributed by atoms with van der Waals surface area (Å²) in [6.07, 6.45) is 0. The van der Waals surface area contributed by atoms with Crippen molar-refractivity contribution >= 4 is 28.3 Å². The average Bonchev–Trinajstić information content (AvgIpc) is 2.03. The monoisotopic (exact) mass is 274 g/mol. The number of nitrogens with two attached hydrogens (primary N) is 1. The summed E-state index contributed by atoms with van der Waals surface area (Å²) in [5.74, 6) is 0.677. The summed E-state index contributed by atoms with van der Waals surface area (Å²) in [6.45, 7) is 0. The van der Waals surface area contributed by atoms with E-state index < -0.39 is 0 Å². The molecule has 0 heterocycles. The standard InChI is InChI=1S/C8H7IN2O/c1-12-5-2-7(9)6(4-10)8(11)3-5/h2-3H,11H2,1H3. The van der Waals surface area contributed by atoms with Crippen molar-refractivity contribution in [3.63, 3.8) is 0 Å². The van der Waals surface area contributed by atoms with E-state index in [9.17, 15) is 0 Å². The maximum absolute atomic E-state index is 8.69. The number of hydrogen-bond donors (Lipinski definition) is 1. The average molecular weight is 274 g/mol. The Labute approximate surface area is 84.3 Å². The molecular weight excluding hydrogens is 267 g/mol. The molecular formula is C8H7IN2O. The highest BCUT2D eigenvalue weighted by Crippen LogP contribution is 2.24. The number of nitrogens with zero attached hydrogens (tertiary/aromatic N) is 1. The van der Waals surface area contributed by atoms with E-state index in [4.69, 9.17) is 15.7 Å². The van der Waals surface area contributed by atoms with Crippen molar-refractivity contribution in [2.45, 2.75) is 0 Å². The second kappa shape index (κ2) is 3.63. The molecule has 0 aliphatic heterocycles. The third-order valence-electron chi connectivity index (χ3n) is 1.44. The predicted molar refractivity (Wildman–Crippen MR) is 54.8 cm³/mol. The summed E-state index contributed by atoms with van der Waals surface area (Å²) in [6, 6.07) is 5.44. The molecule has 3 nitrogen and oxygen atoms in total. The van der Waals surface area contributed by atoms with Gasteiger partial charge in [-0.25, -0.2) is 0 Å². The smallest absolute Gasteiger partial charge is 0.122 e. The van der Waals surface area contributed by atoms with Crippen LogP contribution in [0.25, 0.3) is 0 Å². The minimum Gasteiger partial charge on any atom is -0.497 e. The second-order valence-electron chi connectivity index (χ2n) is 2.19. The van der Waals surface area contributed by atoms with Crippen LogP contribution in [-0.4, -0.2) is 7.11 Å². The molecule has 0 atom stereocenters. The summed E-state index contributed by atoms with van der Waals surface area (Å²) < 4.78 is 5.79. The van der Waals surface area contributed by atoms with Crippen LogP contribution in [0.15, 0.2) is 12.1 Å². The molecule has 1 aromatic carbocycles. The van der Waals surface area contributed by atoms with Crippen LogP contribution in [0, 0.1) is 14.9 Å². The number of ether oxygens (including phenoxy) is 1. The topological polar surface area (TPSA) is 59.0 Å². The zero-order valence-electron chi connectivity index (χ0n) is 6.47. The Morgan fingerprint density at radius 3 is 2.67 bits per heavy atom. The molecule has 0 saturated carbocycles. The number of nitriles is 1. The highest BCUT2D eigenvalue weighted by Gasteiger charge is 2.05. The summed E-state index contributed by atoms with van der Waals surface area (Å²) >= 11 is 2.05. The Morgan fingerprint density at radius 2 is 2.25 bits per heavy atom. The number of hydrogen-bond acceptors (Lipinski definition) is 3. The molecule has 0 saturated heterocycles. The molecule has 0 radical (unpaired) electrons. The normalized spacial score (nSPS) is 9.08. The quantitative estimate of drug-likeness (QED) is 0.627. The van der Waals surface area contributed by atoms with Crippen molar-refractivity contribution < 1.29 is 4.74 Å². The Morgan fingerprint density at radius 1 is 1.58 bits per heavy atom. The molecule has 0 aliphatic rings. The van der Waals surface area contributed by atoms with E-state index >= 15 is 0 Å². The largest absolute Gasteiger partial charge is 0.497 e. The van der Waals surface area contributed by atoms with Gasteiger partial charge in [0.2, 0.25) is 0 Å². The summed E-state index contributed by atoms with van der Waals surface area (Å²) in [7, 11) is 1.57. The molecule has 12 heavy (non-hydrogen) atoms. The molecule has 0 spiro atoms. The summed E-state index contributed by atoms with van der Waals surface area (Å²) in [4.78, 5) is 0. The molecule has 0 unspecified atom stereocenters. The Kier molecular flexibility index (Phi) is 2.76. The Hall–Kier alpha value is -0.960. The SMILES string of the molecule is COc1cc(N)c(C#N)c(I)c1. The van der Waals surface area contributed by atoms with Crippen molar-refractivity contribution in [3.05, 3.63) is 21.3 Å². The molecule has 1 rings (SSSR count). The van der Waals surface area contributed by atoms with Crippen molar-refractivity contribution in [1.82, 2.24) is 0 Å². The molecule has 0 aromatic heterocycles. The summed E-state index contributed by atoms with van der Waals surface area (Å²) in [5.41, 5.74) is 6.57. The predicted octanol–water partition coefficient (Wildman–Crippen LogP) is 1.75. The van der Waals surface area contributed by atoms with Gasteiger partial charge in [-0.05, 0) is 28.7 Å². The maximum Gasteiger partial charge on any atom is 0.122 e. The van der Waals surface area contributed by atoms with Gasteiger partial charge in [0.25, 0.3) is 0 Å². The fraction of sp³-hybridized carbons (Fsp3) is 0.125. The summed E-state index contributed by atoms with van der Waals surface area (Å²) in [5, 5.41) is 8.69. The lowest BCUT2D eigenvalue weighted by atomic mass is 10.2. The van der Waals surface area contributed by atoms with E-state index in [1.807, 2.05) is 6.07 Å². The van der Waals surface area contributed by atoms with Crippen molar-refractivity contribution in [2.24, 2.45) is 0 Å². The number of halogens is 1. The van der Waals surface area contributed by atoms with Crippen LogP contribution < -0.4 is 10.5 Å². The van der Waals surface area contributed by atoms with Crippen LogP contribution in [0.1, 0.15) is 5.56 Å². The molecule has 1 aromatic rings. The highest BCUT2D eigenvalue weighted by molar-refractivity contribution is 14.1. The van der Waals surface area contributed by atoms with Gasteiger partial charge in [0.05, 0.1) is 18.4 Å². The first-order chi connectivity index (χ1) is 5.69. The van der Waals surface area contributed by atoms with Gasteiger partial charge < -0.3 is 10.5 Å². The molecule has 0 fully saturated rings. The lowest BCUT2D eigenvalue weighted by Crippen LogP contribution is -1.95. The van der Waals surface area contributed by atoms with Gasteiger partial charge in [0.15, 0.2) is 0 Å². The third kappa shape index (κ3) is 1.61. The number of nitrogen functional groups attached to an aromatic ring is 1. The van der Waals surface area contributed by atoms with Crippen LogP contribution in [0.3, 0.4) is 0 Å². The van der Waals surface area contributed by atoms with E-state index in [0.717, 1.165) is 3.57 Å². The van der Waals surface area contributed by atoms with Crippen molar-refractivity contribution in [1.29, 1.82) is 5.26 Å². The minimum absolute atomic E-state index is 0.459. The second-order valence-corrected chi connectivity index (χ2v) is 3.35. The van der Waals surface area contributed by atoms with Gasteiger partial charge in [0.1, 0.15) is 11.8 Å². The van der Waals surface area contributed by atoms with Gasteiger partial charge in [0, 0.05) is 9.64 Å². The minimum atomic E-state index is 0.459. The first-order valence-electron chi connectivity index (χ1n) is 3.22. The lowest BCUT2D eigenvalue weighted by Gasteiger charge is -2.04. The van der Waals surface area contributed by atoms with Crippen LogP contribution in [0.5, 0.6) is 5.75 Å². The third-order valence-corrected chi connectivity index (χ3v) is 2.29. The lowest BCUT2D eigenvalue weighted by molar-refractivity contribution is 0.414. The Bertz CT molecular complexity index is 320. The molecule has 0 bridgehead atoms. The van der Waals surface area contributed by atoms with E-state index in [0.29, 0.717) is 17.0 Å². The van der Waals surface area contributed by atoms with Gasteiger partial charge in [-0.3, -0.25) is 0 Å². The zero-order chi connectivity index (χ0) is 9.14. The fourth-order valence-corrected chi connectivity index (χ4v) is 1.58. The molecule has 62 valence electrons. The highest BCUT2D eigenvalue weighted by atomic mass is 127. The Balaban J connectivity index is 3.30. The van der Waals surface area contributed by atoms with Gasteiger partial charge in [-0.2, -0.15) is 5.26 Å². The van der Waals surface area contributed by atoms with Gasteiger partial charge in [-0.1, -0.05) is 0 Å². The van der Waals surface area contributed by atoms with E-state index in [2.05, 4.69) is 22.6 Å². The number of methoxy groups -OCH3 is 1. The van der Waals surface area contributed by atoms with Gasteiger partial charge >= 0.3 is 0 Å². The molecule has 0 aliphatic carbocycles. The van der Waals surface area contributed by atoms with E-state index in [1.165, 1.54) is 0 Å². The maximum atomic E-state index is 8.69. The number of anilines is 1. The van der Waals surface area contributed by atoms with E-state index in [1.54, 1.807) is 19.2 Å². The first kappa shape index (κ1) is 9.13. The molecule has 0 amide bonds.